The number of hydrogen-bond acceptors (Lipinski definition) is 3. The summed E-state index contributed by atoms with van der Waals surface area (Å²) in [4.78, 5) is 12.2. The second kappa shape index (κ2) is 2.94. The summed E-state index contributed by atoms with van der Waals surface area (Å²) in [5.41, 5.74) is 0. The summed E-state index contributed by atoms with van der Waals surface area (Å²) in [5.74, 6) is 0. The van der Waals surface area contributed by atoms with Crippen molar-refractivity contribution >= 4 is 6.29 Å². The van der Waals surface area contributed by atoms with Crippen LogP contribution in [-0.4, -0.2) is 44.0 Å². The predicted octanol–water partition coefficient (Wildman–Crippen LogP) is -0.484. The van der Waals surface area contributed by atoms with E-state index in [9.17, 15) is 4.79 Å². The van der Waals surface area contributed by atoms with Gasteiger partial charge >= 0.3 is 0 Å². The first kappa shape index (κ1) is 6.71. The zero-order valence-electron chi connectivity index (χ0n) is 5.54. The summed E-state index contributed by atoms with van der Waals surface area (Å²) in [7, 11) is 1.99. The highest BCUT2D eigenvalue weighted by atomic mass is 16.5. The van der Waals surface area contributed by atoms with Crippen LogP contribution in [0.25, 0.3) is 0 Å². The Morgan fingerprint density at radius 1 is 1.78 bits per heavy atom. The van der Waals surface area contributed by atoms with Gasteiger partial charge in [0, 0.05) is 13.1 Å². The van der Waals surface area contributed by atoms with E-state index in [1.54, 1.807) is 0 Å². The van der Waals surface area contributed by atoms with Gasteiger partial charge < -0.3 is 14.4 Å². The molecule has 3 nitrogen and oxygen atoms in total. The van der Waals surface area contributed by atoms with Crippen LogP contribution in [0.15, 0.2) is 0 Å². The molecule has 0 radical (unpaired) electrons. The molecule has 1 heterocycles. The molecule has 52 valence electrons. The summed E-state index contributed by atoms with van der Waals surface area (Å²) in [6.45, 7) is 2.35. The molecule has 1 saturated heterocycles. The third-order valence-corrected chi connectivity index (χ3v) is 1.45. The van der Waals surface area contributed by atoms with Crippen molar-refractivity contribution in [3.8, 4) is 0 Å². The molecule has 0 amide bonds. The fraction of sp³-hybridized carbons (Fsp3) is 0.833. The molecule has 1 aliphatic rings. The molecule has 3 heteroatoms. The lowest BCUT2D eigenvalue weighted by Gasteiger charge is -2.26. The van der Waals surface area contributed by atoms with E-state index >= 15 is 0 Å². The van der Waals surface area contributed by atoms with Gasteiger partial charge in [-0.1, -0.05) is 0 Å². The van der Waals surface area contributed by atoms with Gasteiger partial charge in [0.25, 0.3) is 0 Å². The van der Waals surface area contributed by atoms with E-state index in [1.807, 2.05) is 7.05 Å². The molecular weight excluding hydrogens is 118 g/mol. The molecule has 0 aromatic carbocycles. The van der Waals surface area contributed by atoms with Gasteiger partial charge in [-0.15, -0.1) is 0 Å². The standard InChI is InChI=1S/C6H11NO2/c1-7-2-3-9-6(4-7)5-8/h5-6H,2-4H2,1H3/t6-/m0/s1. The van der Waals surface area contributed by atoms with Gasteiger partial charge in [-0.25, -0.2) is 0 Å². The highest BCUT2D eigenvalue weighted by Crippen LogP contribution is 1.98. The number of nitrogens with zero attached hydrogens (tertiary/aromatic N) is 1. The number of ether oxygens (including phenoxy) is 1. The van der Waals surface area contributed by atoms with Crippen molar-refractivity contribution in [3.05, 3.63) is 0 Å². The molecule has 1 aliphatic heterocycles. The Morgan fingerprint density at radius 3 is 3.00 bits per heavy atom. The Kier molecular flexibility index (Phi) is 2.19. The maximum absolute atomic E-state index is 10.2. The number of hydrogen-bond donors (Lipinski definition) is 0. The minimum atomic E-state index is -0.191. The summed E-state index contributed by atoms with van der Waals surface area (Å²) in [6, 6.07) is 0. The van der Waals surface area contributed by atoms with Crippen molar-refractivity contribution in [1.29, 1.82) is 0 Å². The average molecular weight is 129 g/mol. The third kappa shape index (κ3) is 1.77. The fourth-order valence-corrected chi connectivity index (χ4v) is 0.893. The minimum Gasteiger partial charge on any atom is -0.368 e. The van der Waals surface area contributed by atoms with E-state index in [-0.39, 0.29) is 6.10 Å². The van der Waals surface area contributed by atoms with Crippen LogP contribution in [0.1, 0.15) is 0 Å². The monoisotopic (exact) mass is 129 g/mol. The zero-order valence-corrected chi connectivity index (χ0v) is 5.54. The van der Waals surface area contributed by atoms with E-state index in [0.29, 0.717) is 6.61 Å². The second-order valence-electron chi connectivity index (χ2n) is 2.31. The molecule has 0 N–H and O–H groups in total. The van der Waals surface area contributed by atoms with Crippen molar-refractivity contribution in [1.82, 2.24) is 4.90 Å². The lowest BCUT2D eigenvalue weighted by molar-refractivity contribution is -0.122. The third-order valence-electron chi connectivity index (χ3n) is 1.45. The molecule has 0 saturated carbocycles. The van der Waals surface area contributed by atoms with Gasteiger partial charge in [0.15, 0.2) is 0 Å². The second-order valence-corrected chi connectivity index (χ2v) is 2.31. The first-order valence-corrected chi connectivity index (χ1v) is 3.08. The highest BCUT2D eigenvalue weighted by molar-refractivity contribution is 5.56. The first-order chi connectivity index (χ1) is 4.33. The SMILES string of the molecule is CN1CCO[C@H](C=O)C1. The molecule has 0 aromatic rings. The molecule has 1 rings (SSSR count). The smallest absolute Gasteiger partial charge is 0.150 e. The van der Waals surface area contributed by atoms with Gasteiger partial charge in [0.05, 0.1) is 6.61 Å². The zero-order chi connectivity index (χ0) is 6.69. The Morgan fingerprint density at radius 2 is 2.56 bits per heavy atom. The molecule has 0 unspecified atom stereocenters. The van der Waals surface area contributed by atoms with E-state index in [2.05, 4.69) is 4.90 Å². The molecule has 1 atom stereocenters. The summed E-state index contributed by atoms with van der Waals surface area (Å²) in [6.07, 6.45) is 0.666. The predicted molar refractivity (Wildman–Crippen MR) is 33.3 cm³/mol. The number of aldehydes is 1. The Labute approximate surface area is 54.6 Å². The Balaban J connectivity index is 2.31. The van der Waals surface area contributed by atoms with E-state index in [0.717, 1.165) is 19.4 Å². The average Bonchev–Trinajstić information content (AvgIpc) is 1.88. The molecule has 9 heavy (non-hydrogen) atoms. The molecule has 0 aliphatic carbocycles. The van der Waals surface area contributed by atoms with E-state index in [1.165, 1.54) is 0 Å². The lowest BCUT2D eigenvalue weighted by Crippen LogP contribution is -2.40. The van der Waals surface area contributed by atoms with Crippen molar-refractivity contribution < 1.29 is 9.53 Å². The van der Waals surface area contributed by atoms with Crippen molar-refractivity contribution in [2.45, 2.75) is 6.10 Å². The van der Waals surface area contributed by atoms with Crippen molar-refractivity contribution in [2.24, 2.45) is 0 Å². The van der Waals surface area contributed by atoms with Crippen LogP contribution in [0.2, 0.25) is 0 Å². The van der Waals surface area contributed by atoms with Gasteiger partial charge in [-0.3, -0.25) is 0 Å². The van der Waals surface area contributed by atoms with Crippen LogP contribution >= 0.6 is 0 Å². The summed E-state index contributed by atoms with van der Waals surface area (Å²) >= 11 is 0. The van der Waals surface area contributed by atoms with E-state index in [4.69, 9.17) is 4.74 Å². The number of carbonyl (C=O) groups excluding carboxylic acids is 1. The fourth-order valence-electron chi connectivity index (χ4n) is 0.893. The van der Waals surface area contributed by atoms with Crippen LogP contribution in [0.5, 0.6) is 0 Å². The van der Waals surface area contributed by atoms with Gasteiger partial charge in [0.2, 0.25) is 0 Å². The van der Waals surface area contributed by atoms with Gasteiger partial charge in [0.1, 0.15) is 12.4 Å². The largest absolute Gasteiger partial charge is 0.368 e. The number of morpholine rings is 1. The quantitative estimate of drug-likeness (QED) is 0.448. The molecule has 0 spiro atoms. The topological polar surface area (TPSA) is 29.5 Å². The lowest BCUT2D eigenvalue weighted by atomic mass is 10.3. The first-order valence-electron chi connectivity index (χ1n) is 3.08. The van der Waals surface area contributed by atoms with Crippen LogP contribution < -0.4 is 0 Å². The van der Waals surface area contributed by atoms with Gasteiger partial charge in [-0.2, -0.15) is 0 Å². The number of rotatable bonds is 1. The van der Waals surface area contributed by atoms with Gasteiger partial charge in [-0.05, 0) is 7.05 Å². The summed E-state index contributed by atoms with van der Waals surface area (Å²) in [5, 5.41) is 0. The van der Waals surface area contributed by atoms with Crippen molar-refractivity contribution in [3.63, 3.8) is 0 Å². The molecule has 0 aromatic heterocycles. The van der Waals surface area contributed by atoms with Crippen LogP contribution in [-0.2, 0) is 9.53 Å². The van der Waals surface area contributed by atoms with Crippen LogP contribution in [0.3, 0.4) is 0 Å². The van der Waals surface area contributed by atoms with Crippen molar-refractivity contribution in [2.75, 3.05) is 26.7 Å². The van der Waals surface area contributed by atoms with Crippen LogP contribution in [0, 0.1) is 0 Å². The maximum Gasteiger partial charge on any atom is 0.150 e. The molecular formula is C6H11NO2. The summed E-state index contributed by atoms with van der Waals surface area (Å²) < 4.78 is 5.09. The number of carbonyl (C=O) groups is 1. The minimum absolute atomic E-state index is 0.191. The Hall–Kier alpha value is -0.410. The Bertz CT molecular complexity index is 105. The van der Waals surface area contributed by atoms with E-state index < -0.39 is 0 Å². The normalized spacial score (nSPS) is 30.1. The molecule has 0 bridgehead atoms. The van der Waals surface area contributed by atoms with Crippen LogP contribution in [0.4, 0.5) is 0 Å². The number of likely N-dealkylation sites (N-methyl/N-ethyl adjacent to an activating group) is 1. The maximum atomic E-state index is 10.2. The molecule has 1 fully saturated rings. The highest BCUT2D eigenvalue weighted by Gasteiger charge is 2.15.